The van der Waals surface area contributed by atoms with E-state index in [1.54, 1.807) is 4.90 Å². The number of fused-ring (bicyclic) bond motifs is 3. The summed E-state index contributed by atoms with van der Waals surface area (Å²) in [7, 11) is 0. The molecule has 3 heterocycles. The SMILES string of the molecule is [Cl-].c1ccc2c(c1)Sc1cc3ccccc3nc1N2CCC[NH+]1CCCCC1. The van der Waals surface area contributed by atoms with Crippen molar-refractivity contribution in [2.24, 2.45) is 0 Å². The van der Waals surface area contributed by atoms with Gasteiger partial charge in [0.1, 0.15) is 5.82 Å². The van der Waals surface area contributed by atoms with Crippen molar-refractivity contribution in [3.63, 3.8) is 0 Å². The molecule has 146 valence electrons. The molecule has 1 fully saturated rings. The number of nitrogens with one attached hydrogen (secondary N) is 1. The number of para-hydroxylation sites is 2. The highest BCUT2D eigenvalue weighted by atomic mass is 35.5. The largest absolute Gasteiger partial charge is 1.00 e. The van der Waals surface area contributed by atoms with Crippen LogP contribution in [0.3, 0.4) is 0 Å². The van der Waals surface area contributed by atoms with Gasteiger partial charge in [-0.2, -0.15) is 0 Å². The zero-order valence-corrected chi connectivity index (χ0v) is 17.6. The summed E-state index contributed by atoms with van der Waals surface area (Å²) in [5.74, 6) is 1.13. The lowest BCUT2D eigenvalue weighted by Gasteiger charge is -2.32. The van der Waals surface area contributed by atoms with Crippen molar-refractivity contribution >= 4 is 34.2 Å². The number of aromatic nitrogens is 1. The minimum Gasteiger partial charge on any atom is -1.00 e. The van der Waals surface area contributed by atoms with Gasteiger partial charge in [-0.3, -0.25) is 0 Å². The molecule has 0 atom stereocenters. The lowest BCUT2D eigenvalue weighted by atomic mass is 10.1. The maximum Gasteiger partial charge on any atom is 0.147 e. The van der Waals surface area contributed by atoms with E-state index >= 15 is 0 Å². The molecule has 0 spiro atoms. The lowest BCUT2D eigenvalue weighted by molar-refractivity contribution is -0.904. The van der Waals surface area contributed by atoms with E-state index in [4.69, 9.17) is 4.98 Å². The summed E-state index contributed by atoms with van der Waals surface area (Å²) in [6.45, 7) is 5.02. The van der Waals surface area contributed by atoms with Crippen LogP contribution in [0, 0.1) is 0 Å². The van der Waals surface area contributed by atoms with E-state index in [0.29, 0.717) is 0 Å². The Morgan fingerprint density at radius 2 is 1.71 bits per heavy atom. The summed E-state index contributed by atoms with van der Waals surface area (Å²) < 4.78 is 0. The first-order chi connectivity index (χ1) is 13.4. The molecule has 0 amide bonds. The van der Waals surface area contributed by atoms with E-state index in [2.05, 4.69) is 59.5 Å². The number of halogens is 1. The Balaban J connectivity index is 0.00000192. The Morgan fingerprint density at radius 1 is 0.929 bits per heavy atom. The van der Waals surface area contributed by atoms with Gasteiger partial charge in [0, 0.05) is 23.2 Å². The molecule has 1 N–H and O–H groups in total. The van der Waals surface area contributed by atoms with Crippen LogP contribution < -0.4 is 22.2 Å². The number of piperidine rings is 1. The molecule has 1 aromatic heterocycles. The molecule has 0 radical (unpaired) electrons. The second kappa shape index (κ2) is 8.73. The van der Waals surface area contributed by atoms with Gasteiger partial charge in [-0.05, 0) is 43.5 Å². The molecule has 0 saturated carbocycles. The minimum absolute atomic E-state index is 0. The van der Waals surface area contributed by atoms with Gasteiger partial charge in [0.15, 0.2) is 0 Å². The van der Waals surface area contributed by atoms with Crippen molar-refractivity contribution in [3.8, 4) is 0 Å². The molecule has 3 aromatic rings. The fourth-order valence-electron chi connectivity index (χ4n) is 4.37. The first kappa shape index (κ1) is 19.6. The quantitative estimate of drug-likeness (QED) is 0.699. The van der Waals surface area contributed by atoms with Gasteiger partial charge in [-0.25, -0.2) is 4.98 Å². The fraction of sp³-hybridized carbons (Fsp3) is 0.348. The van der Waals surface area contributed by atoms with E-state index < -0.39 is 0 Å². The van der Waals surface area contributed by atoms with Crippen LogP contribution in [-0.2, 0) is 0 Å². The number of rotatable bonds is 4. The van der Waals surface area contributed by atoms with Crippen molar-refractivity contribution in [2.75, 3.05) is 31.1 Å². The van der Waals surface area contributed by atoms with Crippen molar-refractivity contribution in [3.05, 3.63) is 54.6 Å². The molecule has 0 aliphatic carbocycles. The third-order valence-electron chi connectivity index (χ3n) is 5.77. The summed E-state index contributed by atoms with van der Waals surface area (Å²) in [6.07, 6.45) is 5.43. The third kappa shape index (κ3) is 3.86. The monoisotopic (exact) mass is 411 g/mol. The lowest BCUT2D eigenvalue weighted by Crippen LogP contribution is -3.12. The molecular weight excluding hydrogens is 386 g/mol. The fourth-order valence-corrected chi connectivity index (χ4v) is 5.47. The molecule has 2 aliphatic heterocycles. The molecule has 5 heteroatoms. The van der Waals surface area contributed by atoms with Gasteiger partial charge in [-0.1, -0.05) is 42.1 Å². The number of pyridine rings is 1. The Morgan fingerprint density at radius 3 is 2.61 bits per heavy atom. The number of quaternary nitrogens is 1. The maximum absolute atomic E-state index is 5.06. The number of nitrogens with zero attached hydrogens (tertiary/aromatic N) is 2. The molecule has 0 bridgehead atoms. The van der Waals surface area contributed by atoms with Gasteiger partial charge in [-0.15, -0.1) is 0 Å². The molecule has 1 saturated heterocycles. The van der Waals surface area contributed by atoms with Crippen LogP contribution in [0.5, 0.6) is 0 Å². The molecule has 2 aromatic carbocycles. The second-order valence-corrected chi connectivity index (χ2v) is 8.72. The Kier molecular flexibility index (Phi) is 6.10. The van der Waals surface area contributed by atoms with Crippen LogP contribution in [0.25, 0.3) is 10.9 Å². The highest BCUT2D eigenvalue weighted by Crippen LogP contribution is 2.47. The number of hydrogen-bond donors (Lipinski definition) is 1. The summed E-state index contributed by atoms with van der Waals surface area (Å²) >= 11 is 1.85. The first-order valence-electron chi connectivity index (χ1n) is 10.2. The van der Waals surface area contributed by atoms with Gasteiger partial charge in [0.05, 0.1) is 35.7 Å². The predicted molar refractivity (Wildman–Crippen MR) is 113 cm³/mol. The average molecular weight is 412 g/mol. The molecule has 28 heavy (non-hydrogen) atoms. The molecule has 2 aliphatic rings. The van der Waals surface area contributed by atoms with Crippen LogP contribution in [0.2, 0.25) is 0 Å². The molecule has 3 nitrogen and oxygen atoms in total. The standard InChI is InChI=1S/C23H25N3S.ClH/c1-6-13-25(14-7-1)15-8-16-26-20-11-4-5-12-21(20)27-22-17-18-9-2-3-10-19(18)24-23(22)26;/h2-5,9-12,17H,1,6-8,13-16H2;1H. The average Bonchev–Trinajstić information content (AvgIpc) is 2.72. The van der Waals surface area contributed by atoms with Crippen molar-refractivity contribution in [1.82, 2.24) is 4.98 Å². The van der Waals surface area contributed by atoms with Crippen molar-refractivity contribution in [1.29, 1.82) is 0 Å². The predicted octanol–water partition coefficient (Wildman–Crippen LogP) is 1.30. The van der Waals surface area contributed by atoms with E-state index in [0.717, 1.165) is 17.9 Å². The van der Waals surface area contributed by atoms with Gasteiger partial charge in [0.2, 0.25) is 0 Å². The molecule has 5 rings (SSSR count). The normalized spacial score (nSPS) is 16.4. The third-order valence-corrected chi connectivity index (χ3v) is 6.86. The molecule has 0 unspecified atom stereocenters. The number of likely N-dealkylation sites (tertiary alicyclic amines) is 1. The number of benzene rings is 2. The van der Waals surface area contributed by atoms with Crippen molar-refractivity contribution < 1.29 is 17.3 Å². The topological polar surface area (TPSA) is 20.6 Å². The van der Waals surface area contributed by atoms with E-state index in [1.807, 2.05) is 11.8 Å². The minimum atomic E-state index is 0. The van der Waals surface area contributed by atoms with Crippen LogP contribution in [-0.4, -0.2) is 31.2 Å². The highest BCUT2D eigenvalue weighted by molar-refractivity contribution is 7.99. The zero-order valence-electron chi connectivity index (χ0n) is 16.0. The Labute approximate surface area is 177 Å². The number of anilines is 2. The van der Waals surface area contributed by atoms with Crippen LogP contribution >= 0.6 is 11.8 Å². The van der Waals surface area contributed by atoms with E-state index in [-0.39, 0.29) is 12.4 Å². The summed E-state index contributed by atoms with van der Waals surface area (Å²) in [4.78, 5) is 11.9. The number of hydrogen-bond acceptors (Lipinski definition) is 3. The summed E-state index contributed by atoms with van der Waals surface area (Å²) in [5, 5.41) is 1.22. The smallest absolute Gasteiger partial charge is 0.147 e. The highest BCUT2D eigenvalue weighted by Gasteiger charge is 2.25. The first-order valence-corrected chi connectivity index (χ1v) is 11.0. The Bertz CT molecular complexity index is 955. The maximum atomic E-state index is 5.06. The van der Waals surface area contributed by atoms with Crippen LogP contribution in [0.15, 0.2) is 64.4 Å². The second-order valence-electron chi connectivity index (χ2n) is 7.64. The van der Waals surface area contributed by atoms with Crippen molar-refractivity contribution in [2.45, 2.75) is 35.5 Å². The van der Waals surface area contributed by atoms with Gasteiger partial charge < -0.3 is 22.2 Å². The van der Waals surface area contributed by atoms with Crippen LogP contribution in [0.4, 0.5) is 11.5 Å². The van der Waals surface area contributed by atoms with Gasteiger partial charge in [0.25, 0.3) is 0 Å². The zero-order chi connectivity index (χ0) is 18.1. The van der Waals surface area contributed by atoms with E-state index in [9.17, 15) is 0 Å². The van der Waals surface area contributed by atoms with Gasteiger partial charge >= 0.3 is 0 Å². The Hall–Kier alpha value is -1.75. The summed E-state index contributed by atoms with van der Waals surface area (Å²) in [6, 6.07) is 19.5. The molecular formula is C23H26ClN3S. The van der Waals surface area contributed by atoms with Crippen LogP contribution in [0.1, 0.15) is 25.7 Å². The van der Waals surface area contributed by atoms with E-state index in [1.165, 1.54) is 66.2 Å². The summed E-state index contributed by atoms with van der Waals surface area (Å²) in [5.41, 5.74) is 2.40.